The summed E-state index contributed by atoms with van der Waals surface area (Å²) in [7, 11) is 0. The minimum absolute atomic E-state index is 0.0105. The second kappa shape index (κ2) is 5.86. The molecule has 0 aromatic heterocycles. The van der Waals surface area contributed by atoms with Crippen LogP contribution in [0.2, 0.25) is 0 Å². The van der Waals surface area contributed by atoms with Crippen LogP contribution in [0.4, 0.5) is 0 Å². The van der Waals surface area contributed by atoms with Crippen LogP contribution >= 0.6 is 0 Å². The molecule has 90 valence electrons. The Morgan fingerprint density at radius 2 is 1.88 bits per heavy atom. The van der Waals surface area contributed by atoms with Crippen molar-refractivity contribution in [3.63, 3.8) is 0 Å². The van der Waals surface area contributed by atoms with E-state index in [1.54, 1.807) is 0 Å². The van der Waals surface area contributed by atoms with Crippen LogP contribution < -0.4 is 0 Å². The lowest BCUT2D eigenvalue weighted by Crippen LogP contribution is -2.52. The van der Waals surface area contributed by atoms with Crippen molar-refractivity contribution in [1.82, 2.24) is 9.80 Å². The zero-order chi connectivity index (χ0) is 12.1. The molecule has 0 aliphatic carbocycles. The third-order valence-electron chi connectivity index (χ3n) is 3.10. The van der Waals surface area contributed by atoms with Gasteiger partial charge in [0.15, 0.2) is 0 Å². The highest BCUT2D eigenvalue weighted by molar-refractivity contribution is 5.78. The van der Waals surface area contributed by atoms with Gasteiger partial charge in [-0.05, 0) is 6.42 Å². The maximum absolute atomic E-state index is 11.8. The third kappa shape index (κ3) is 2.96. The average molecular weight is 223 g/mol. The Morgan fingerprint density at radius 3 is 2.25 bits per heavy atom. The lowest BCUT2D eigenvalue weighted by Gasteiger charge is -2.37. The highest BCUT2D eigenvalue weighted by Gasteiger charge is 2.25. The van der Waals surface area contributed by atoms with Crippen molar-refractivity contribution in [3.8, 4) is 6.07 Å². The second-order valence-electron chi connectivity index (χ2n) is 4.57. The van der Waals surface area contributed by atoms with Crippen LogP contribution in [0.25, 0.3) is 0 Å². The smallest absolute Gasteiger partial charge is 0.225 e. The van der Waals surface area contributed by atoms with E-state index in [9.17, 15) is 4.79 Å². The topological polar surface area (TPSA) is 47.3 Å². The molecule has 1 aliphatic heterocycles. The van der Waals surface area contributed by atoms with E-state index in [2.05, 4.69) is 11.0 Å². The molecule has 1 aliphatic rings. The summed E-state index contributed by atoms with van der Waals surface area (Å²) in [5.74, 6) is 0.300. The maximum atomic E-state index is 11.8. The SMILES string of the molecule is CCC(C#N)N1CCN(C(=O)C(C)C)CC1. The van der Waals surface area contributed by atoms with E-state index in [0.29, 0.717) is 0 Å². The summed E-state index contributed by atoms with van der Waals surface area (Å²) in [4.78, 5) is 15.8. The average Bonchev–Trinajstić information content (AvgIpc) is 2.30. The Bertz CT molecular complexity index is 274. The van der Waals surface area contributed by atoms with Crippen molar-refractivity contribution >= 4 is 5.91 Å². The van der Waals surface area contributed by atoms with Gasteiger partial charge in [-0.25, -0.2) is 0 Å². The van der Waals surface area contributed by atoms with E-state index in [4.69, 9.17) is 5.26 Å². The molecule has 1 saturated heterocycles. The Hall–Kier alpha value is -1.08. The standard InChI is InChI=1S/C12H21N3O/c1-4-11(9-13)14-5-7-15(8-6-14)12(16)10(2)3/h10-11H,4-8H2,1-3H3. The van der Waals surface area contributed by atoms with Crippen LogP contribution in [0, 0.1) is 17.2 Å². The minimum atomic E-state index is 0.0105. The summed E-state index contributed by atoms with van der Waals surface area (Å²) < 4.78 is 0. The van der Waals surface area contributed by atoms with Crippen LogP contribution in [0.1, 0.15) is 27.2 Å². The Kier molecular flexibility index (Phi) is 4.75. The van der Waals surface area contributed by atoms with Crippen molar-refractivity contribution in [1.29, 1.82) is 5.26 Å². The zero-order valence-corrected chi connectivity index (χ0v) is 10.4. The molecule has 4 nitrogen and oxygen atoms in total. The van der Waals surface area contributed by atoms with Gasteiger partial charge >= 0.3 is 0 Å². The maximum Gasteiger partial charge on any atom is 0.225 e. The summed E-state index contributed by atoms with van der Waals surface area (Å²) in [5.41, 5.74) is 0. The van der Waals surface area contributed by atoms with Gasteiger partial charge in [-0.1, -0.05) is 20.8 Å². The lowest BCUT2D eigenvalue weighted by atomic mass is 10.1. The van der Waals surface area contributed by atoms with Gasteiger partial charge in [-0.2, -0.15) is 5.26 Å². The number of carbonyl (C=O) groups excluding carboxylic acids is 1. The van der Waals surface area contributed by atoms with Crippen molar-refractivity contribution in [3.05, 3.63) is 0 Å². The fraction of sp³-hybridized carbons (Fsp3) is 0.833. The van der Waals surface area contributed by atoms with Gasteiger partial charge in [0.05, 0.1) is 12.1 Å². The number of carbonyl (C=O) groups is 1. The van der Waals surface area contributed by atoms with Crippen molar-refractivity contribution < 1.29 is 4.79 Å². The molecule has 1 heterocycles. The third-order valence-corrected chi connectivity index (χ3v) is 3.10. The molecule has 0 aromatic carbocycles. The molecule has 0 saturated carbocycles. The van der Waals surface area contributed by atoms with Gasteiger partial charge in [0, 0.05) is 32.1 Å². The fourth-order valence-electron chi connectivity index (χ4n) is 2.05. The van der Waals surface area contributed by atoms with Crippen LogP contribution in [0.5, 0.6) is 0 Å². The van der Waals surface area contributed by atoms with Crippen LogP contribution in [0.15, 0.2) is 0 Å². The molecule has 0 bridgehead atoms. The molecule has 0 N–H and O–H groups in total. The monoisotopic (exact) mass is 223 g/mol. The summed E-state index contributed by atoms with van der Waals surface area (Å²) in [6.07, 6.45) is 0.856. The molecule has 0 radical (unpaired) electrons. The van der Waals surface area contributed by atoms with E-state index in [1.165, 1.54) is 0 Å². The summed E-state index contributed by atoms with van der Waals surface area (Å²) in [6.45, 7) is 9.05. The van der Waals surface area contributed by atoms with Crippen LogP contribution in [0.3, 0.4) is 0 Å². The predicted octanol–water partition coefficient (Wildman–Crippen LogP) is 1.09. The Morgan fingerprint density at radius 1 is 1.31 bits per heavy atom. The van der Waals surface area contributed by atoms with Gasteiger partial charge in [0.1, 0.15) is 0 Å². The van der Waals surface area contributed by atoms with E-state index >= 15 is 0 Å². The predicted molar refractivity (Wildman–Crippen MR) is 62.7 cm³/mol. The second-order valence-corrected chi connectivity index (χ2v) is 4.57. The van der Waals surface area contributed by atoms with Crippen LogP contribution in [-0.4, -0.2) is 47.9 Å². The molecule has 1 rings (SSSR count). The number of nitrogens with zero attached hydrogens (tertiary/aromatic N) is 3. The van der Waals surface area contributed by atoms with Gasteiger partial charge in [-0.15, -0.1) is 0 Å². The molecule has 0 spiro atoms. The number of piperazine rings is 1. The van der Waals surface area contributed by atoms with E-state index in [-0.39, 0.29) is 17.9 Å². The molecule has 1 atom stereocenters. The van der Waals surface area contributed by atoms with Crippen molar-refractivity contribution in [2.24, 2.45) is 5.92 Å². The first-order chi connectivity index (χ1) is 7.60. The number of rotatable bonds is 3. The Labute approximate surface area is 97.8 Å². The number of nitriles is 1. The largest absolute Gasteiger partial charge is 0.340 e. The van der Waals surface area contributed by atoms with E-state index < -0.39 is 0 Å². The quantitative estimate of drug-likeness (QED) is 0.719. The van der Waals surface area contributed by atoms with Gasteiger partial charge in [0.2, 0.25) is 5.91 Å². The van der Waals surface area contributed by atoms with Crippen LogP contribution in [-0.2, 0) is 4.79 Å². The van der Waals surface area contributed by atoms with Gasteiger partial charge < -0.3 is 4.90 Å². The number of hydrogen-bond acceptors (Lipinski definition) is 3. The first-order valence-electron chi connectivity index (χ1n) is 6.02. The highest BCUT2D eigenvalue weighted by Crippen LogP contribution is 2.11. The first kappa shape index (κ1) is 13.0. The minimum Gasteiger partial charge on any atom is -0.340 e. The van der Waals surface area contributed by atoms with E-state index in [0.717, 1.165) is 32.6 Å². The molecular weight excluding hydrogens is 202 g/mol. The first-order valence-corrected chi connectivity index (χ1v) is 6.02. The summed E-state index contributed by atoms with van der Waals surface area (Å²) in [6, 6.07) is 2.32. The number of hydrogen-bond donors (Lipinski definition) is 0. The molecule has 1 fully saturated rings. The molecule has 0 aromatic rings. The summed E-state index contributed by atoms with van der Waals surface area (Å²) in [5, 5.41) is 8.97. The molecular formula is C12H21N3O. The fourth-order valence-corrected chi connectivity index (χ4v) is 2.05. The lowest BCUT2D eigenvalue weighted by molar-refractivity contribution is -0.136. The molecule has 1 amide bonds. The van der Waals surface area contributed by atoms with Gasteiger partial charge in [0.25, 0.3) is 0 Å². The zero-order valence-electron chi connectivity index (χ0n) is 10.4. The molecule has 16 heavy (non-hydrogen) atoms. The molecule has 4 heteroatoms. The van der Waals surface area contributed by atoms with Crippen molar-refractivity contribution in [2.75, 3.05) is 26.2 Å². The van der Waals surface area contributed by atoms with Crippen molar-refractivity contribution in [2.45, 2.75) is 33.2 Å². The normalized spacial score (nSPS) is 19.6. The molecule has 1 unspecified atom stereocenters. The summed E-state index contributed by atoms with van der Waals surface area (Å²) >= 11 is 0. The number of amides is 1. The van der Waals surface area contributed by atoms with Gasteiger partial charge in [-0.3, -0.25) is 9.69 Å². The Balaban J connectivity index is 2.46. The highest BCUT2D eigenvalue weighted by atomic mass is 16.2. The van der Waals surface area contributed by atoms with E-state index in [1.807, 2.05) is 25.7 Å².